The summed E-state index contributed by atoms with van der Waals surface area (Å²) in [5, 5.41) is 4.52. The molecule has 0 radical (unpaired) electrons. The van der Waals surface area contributed by atoms with Crippen LogP contribution < -0.4 is 5.14 Å². The lowest BCUT2D eigenvalue weighted by Gasteiger charge is -2.21. The molecule has 11 heavy (non-hydrogen) atoms. The molecule has 0 amide bonds. The Morgan fingerprint density at radius 3 is 1.82 bits per heavy atom. The van der Waals surface area contributed by atoms with Gasteiger partial charge in [0, 0.05) is 0 Å². The highest BCUT2D eigenvalue weighted by molar-refractivity contribution is 7.89. The van der Waals surface area contributed by atoms with Gasteiger partial charge in [-0.3, -0.25) is 0 Å². The quantitative estimate of drug-likeness (QED) is 0.690. The molecule has 0 aromatic carbocycles. The lowest BCUT2D eigenvalue weighted by atomic mass is 9.91. The zero-order chi connectivity index (χ0) is 9.28. The van der Waals surface area contributed by atoms with E-state index in [-0.39, 0.29) is 5.41 Å². The fourth-order valence-electron chi connectivity index (χ4n) is 0.979. The lowest BCUT2D eigenvalue weighted by Crippen LogP contribution is -2.29. The van der Waals surface area contributed by atoms with Crippen molar-refractivity contribution in [3.63, 3.8) is 0 Å². The second kappa shape index (κ2) is 3.11. The van der Waals surface area contributed by atoms with Gasteiger partial charge in [-0.15, -0.1) is 0 Å². The Bertz CT molecular complexity index is 213. The summed E-state index contributed by atoms with van der Waals surface area (Å²) < 4.78 is 21.6. The average Bonchev–Trinajstić information content (AvgIpc) is 1.56. The van der Waals surface area contributed by atoms with Crippen LogP contribution >= 0.6 is 0 Å². The van der Waals surface area contributed by atoms with Crippen LogP contribution in [0.1, 0.15) is 34.1 Å². The molecule has 2 N–H and O–H groups in total. The Morgan fingerprint density at radius 2 is 1.73 bits per heavy atom. The molecule has 4 heteroatoms. The van der Waals surface area contributed by atoms with Crippen LogP contribution in [0.3, 0.4) is 0 Å². The van der Waals surface area contributed by atoms with Gasteiger partial charge in [-0.05, 0) is 18.8 Å². The summed E-state index contributed by atoms with van der Waals surface area (Å²) in [6, 6.07) is 0. The van der Waals surface area contributed by atoms with E-state index in [1.807, 2.05) is 20.8 Å². The van der Waals surface area contributed by atoms with Gasteiger partial charge < -0.3 is 0 Å². The molecule has 0 spiro atoms. The molecular weight excluding hydrogens is 162 g/mol. The third kappa shape index (κ3) is 5.21. The van der Waals surface area contributed by atoms with Gasteiger partial charge in [-0.1, -0.05) is 20.8 Å². The third-order valence-corrected chi connectivity index (χ3v) is 2.75. The number of rotatable bonds is 2. The van der Waals surface area contributed by atoms with E-state index in [0.29, 0.717) is 6.42 Å². The van der Waals surface area contributed by atoms with Gasteiger partial charge in [-0.2, -0.15) is 0 Å². The predicted molar refractivity (Wildman–Crippen MR) is 46.6 cm³/mol. The van der Waals surface area contributed by atoms with Gasteiger partial charge in [0.05, 0.1) is 5.25 Å². The smallest absolute Gasteiger partial charge is 0.211 e. The summed E-state index contributed by atoms with van der Waals surface area (Å²) in [5.74, 6) is 0. The van der Waals surface area contributed by atoms with E-state index >= 15 is 0 Å². The molecule has 0 heterocycles. The van der Waals surface area contributed by atoms with Gasteiger partial charge in [0.25, 0.3) is 0 Å². The summed E-state index contributed by atoms with van der Waals surface area (Å²) >= 11 is 0. The molecule has 0 aromatic heterocycles. The van der Waals surface area contributed by atoms with Gasteiger partial charge in [0.15, 0.2) is 0 Å². The van der Waals surface area contributed by atoms with Crippen molar-refractivity contribution in [2.75, 3.05) is 0 Å². The average molecular weight is 179 g/mol. The Hall–Kier alpha value is -0.0900. The van der Waals surface area contributed by atoms with Crippen molar-refractivity contribution in [2.24, 2.45) is 10.6 Å². The first-order valence-electron chi connectivity index (χ1n) is 3.64. The minimum atomic E-state index is -3.34. The molecule has 68 valence electrons. The van der Waals surface area contributed by atoms with Crippen molar-refractivity contribution in [3.8, 4) is 0 Å². The largest absolute Gasteiger partial charge is 0.228 e. The molecule has 0 aliphatic heterocycles. The minimum absolute atomic E-state index is 0.0197. The van der Waals surface area contributed by atoms with Gasteiger partial charge in [0.2, 0.25) is 10.0 Å². The Morgan fingerprint density at radius 1 is 1.36 bits per heavy atom. The normalized spacial score (nSPS) is 16.5. The molecule has 3 nitrogen and oxygen atoms in total. The molecule has 0 fully saturated rings. The first-order valence-corrected chi connectivity index (χ1v) is 5.25. The maximum atomic E-state index is 10.8. The number of primary sulfonamides is 1. The van der Waals surface area contributed by atoms with Crippen LogP contribution in [0.2, 0.25) is 0 Å². The van der Waals surface area contributed by atoms with Crippen LogP contribution in [0.5, 0.6) is 0 Å². The van der Waals surface area contributed by atoms with E-state index in [1.54, 1.807) is 6.92 Å². The molecule has 1 atom stereocenters. The predicted octanol–water partition coefficient (Wildman–Crippen LogP) is 1.10. The summed E-state index contributed by atoms with van der Waals surface area (Å²) in [7, 11) is -3.34. The SMILES string of the molecule is CC(CC(C)(C)C)S(N)(=O)=O. The van der Waals surface area contributed by atoms with Crippen LogP contribution in [0.4, 0.5) is 0 Å². The van der Waals surface area contributed by atoms with Crippen molar-refractivity contribution >= 4 is 10.0 Å². The van der Waals surface area contributed by atoms with Crippen LogP contribution in [-0.4, -0.2) is 13.7 Å². The van der Waals surface area contributed by atoms with E-state index in [2.05, 4.69) is 0 Å². The zero-order valence-electron chi connectivity index (χ0n) is 7.59. The monoisotopic (exact) mass is 179 g/mol. The fourth-order valence-corrected chi connectivity index (χ4v) is 1.71. The van der Waals surface area contributed by atoms with Gasteiger partial charge in [-0.25, -0.2) is 13.6 Å². The maximum Gasteiger partial charge on any atom is 0.211 e. The molecule has 1 unspecified atom stereocenters. The van der Waals surface area contributed by atoms with Crippen molar-refractivity contribution in [2.45, 2.75) is 39.4 Å². The van der Waals surface area contributed by atoms with Gasteiger partial charge >= 0.3 is 0 Å². The Balaban J connectivity index is 4.22. The highest BCUT2D eigenvalue weighted by Gasteiger charge is 2.22. The fraction of sp³-hybridized carbons (Fsp3) is 1.00. The highest BCUT2D eigenvalue weighted by atomic mass is 32.2. The summed E-state index contributed by atoms with van der Waals surface area (Å²) in [4.78, 5) is 0. The van der Waals surface area contributed by atoms with E-state index in [1.165, 1.54) is 0 Å². The van der Waals surface area contributed by atoms with E-state index in [0.717, 1.165) is 0 Å². The summed E-state index contributed by atoms with van der Waals surface area (Å²) in [6.45, 7) is 7.62. The first kappa shape index (κ1) is 10.9. The maximum absolute atomic E-state index is 10.8. The first-order chi connectivity index (χ1) is 4.63. The minimum Gasteiger partial charge on any atom is -0.228 e. The third-order valence-electron chi connectivity index (χ3n) is 1.46. The molecular formula is C7H17NO2S. The van der Waals surface area contributed by atoms with Crippen molar-refractivity contribution in [1.29, 1.82) is 0 Å². The van der Waals surface area contributed by atoms with Crippen LogP contribution in [0, 0.1) is 5.41 Å². The Kier molecular flexibility index (Phi) is 3.08. The summed E-state index contributed by atoms with van der Waals surface area (Å²) in [6.07, 6.45) is 0.603. The molecule has 0 bridgehead atoms. The zero-order valence-corrected chi connectivity index (χ0v) is 8.40. The lowest BCUT2D eigenvalue weighted by molar-refractivity contribution is 0.371. The van der Waals surface area contributed by atoms with Crippen LogP contribution in [0.15, 0.2) is 0 Å². The second-order valence-corrected chi connectivity index (χ2v) is 6.15. The molecule has 0 rings (SSSR count). The standard InChI is InChI=1S/C7H17NO2S/c1-6(11(8,9)10)5-7(2,3)4/h6H,5H2,1-4H3,(H2,8,9,10). The topological polar surface area (TPSA) is 60.2 Å². The second-order valence-electron chi connectivity index (χ2n) is 4.16. The highest BCUT2D eigenvalue weighted by Crippen LogP contribution is 2.22. The van der Waals surface area contributed by atoms with E-state index < -0.39 is 15.3 Å². The van der Waals surface area contributed by atoms with Crippen molar-refractivity contribution in [3.05, 3.63) is 0 Å². The number of hydrogen-bond acceptors (Lipinski definition) is 2. The van der Waals surface area contributed by atoms with Crippen molar-refractivity contribution in [1.82, 2.24) is 0 Å². The summed E-state index contributed by atoms with van der Waals surface area (Å²) in [5.41, 5.74) is 0.0197. The molecule has 0 saturated heterocycles. The van der Waals surface area contributed by atoms with E-state index in [4.69, 9.17) is 5.14 Å². The number of hydrogen-bond donors (Lipinski definition) is 1. The van der Waals surface area contributed by atoms with E-state index in [9.17, 15) is 8.42 Å². The number of sulfonamides is 1. The van der Waals surface area contributed by atoms with Crippen LogP contribution in [-0.2, 0) is 10.0 Å². The van der Waals surface area contributed by atoms with Crippen molar-refractivity contribution < 1.29 is 8.42 Å². The Labute approximate surface area is 69.0 Å². The number of nitrogens with two attached hydrogens (primary N) is 1. The molecule has 0 aliphatic carbocycles. The molecule has 0 aromatic rings. The van der Waals surface area contributed by atoms with Gasteiger partial charge in [0.1, 0.15) is 0 Å². The molecule has 0 aliphatic rings. The molecule has 0 saturated carbocycles. The van der Waals surface area contributed by atoms with Crippen LogP contribution in [0.25, 0.3) is 0 Å².